The number of sulfonamides is 1. The number of ether oxygens (including phenoxy) is 1. The molecule has 2 aromatic rings. The second kappa shape index (κ2) is 5.68. The molecule has 7 heteroatoms. The number of aromatic nitrogens is 1. The maximum Gasteiger partial charge on any atom is 0.264 e. The van der Waals surface area contributed by atoms with E-state index in [9.17, 15) is 8.42 Å². The van der Waals surface area contributed by atoms with Crippen molar-refractivity contribution >= 4 is 27.3 Å². The van der Waals surface area contributed by atoms with Crippen molar-refractivity contribution in [1.82, 2.24) is 4.98 Å². The fourth-order valence-electron chi connectivity index (χ4n) is 1.64. The highest BCUT2D eigenvalue weighted by Crippen LogP contribution is 2.26. The molecule has 0 atom stereocenters. The number of benzene rings is 1. The van der Waals surface area contributed by atoms with Crippen LogP contribution in [0.3, 0.4) is 0 Å². The van der Waals surface area contributed by atoms with Gasteiger partial charge in [0.15, 0.2) is 0 Å². The number of nitrogens with one attached hydrogen (secondary N) is 1. The smallest absolute Gasteiger partial charge is 0.264 e. The Bertz CT molecular complexity index is 732. The Morgan fingerprint density at radius 2 is 2.05 bits per heavy atom. The standard InChI is InChI=1S/C13H13ClN2O3S/c1-9-7-10(19-2)3-4-12(9)16-20(17,18)13-8-15-6-5-11(13)14/h3-8,16H,1-2H3. The Balaban J connectivity index is 2.36. The summed E-state index contributed by atoms with van der Waals surface area (Å²) in [5.41, 5.74) is 1.21. The van der Waals surface area contributed by atoms with Gasteiger partial charge in [0.1, 0.15) is 10.6 Å². The summed E-state index contributed by atoms with van der Waals surface area (Å²) in [6, 6.07) is 6.48. The molecule has 0 aliphatic heterocycles. The van der Waals surface area contributed by atoms with Gasteiger partial charge >= 0.3 is 0 Å². The minimum atomic E-state index is -3.77. The molecule has 1 heterocycles. The van der Waals surface area contributed by atoms with Crippen molar-refractivity contribution < 1.29 is 13.2 Å². The van der Waals surface area contributed by atoms with Gasteiger partial charge in [-0.2, -0.15) is 0 Å². The van der Waals surface area contributed by atoms with Crippen molar-refractivity contribution in [2.75, 3.05) is 11.8 Å². The second-order valence-electron chi connectivity index (χ2n) is 4.09. The van der Waals surface area contributed by atoms with Crippen LogP contribution in [-0.4, -0.2) is 20.5 Å². The summed E-state index contributed by atoms with van der Waals surface area (Å²) in [6.07, 6.45) is 2.64. The molecule has 0 amide bonds. The first-order chi connectivity index (χ1) is 9.44. The van der Waals surface area contributed by atoms with E-state index in [-0.39, 0.29) is 9.92 Å². The Morgan fingerprint density at radius 3 is 2.65 bits per heavy atom. The largest absolute Gasteiger partial charge is 0.497 e. The van der Waals surface area contributed by atoms with Crippen LogP contribution in [0.25, 0.3) is 0 Å². The summed E-state index contributed by atoms with van der Waals surface area (Å²) in [6.45, 7) is 1.78. The van der Waals surface area contributed by atoms with Gasteiger partial charge in [0.2, 0.25) is 0 Å². The van der Waals surface area contributed by atoms with E-state index in [2.05, 4.69) is 9.71 Å². The van der Waals surface area contributed by atoms with Gasteiger partial charge in [-0.15, -0.1) is 0 Å². The monoisotopic (exact) mass is 312 g/mol. The molecular weight excluding hydrogens is 300 g/mol. The number of pyridine rings is 1. The zero-order chi connectivity index (χ0) is 14.8. The lowest BCUT2D eigenvalue weighted by atomic mass is 10.2. The van der Waals surface area contributed by atoms with E-state index in [0.29, 0.717) is 11.4 Å². The molecule has 5 nitrogen and oxygen atoms in total. The molecule has 0 saturated carbocycles. The van der Waals surface area contributed by atoms with Gasteiger partial charge < -0.3 is 4.74 Å². The molecule has 0 aliphatic rings. The maximum atomic E-state index is 12.3. The lowest BCUT2D eigenvalue weighted by Crippen LogP contribution is -2.14. The lowest BCUT2D eigenvalue weighted by molar-refractivity contribution is 0.414. The fourth-order valence-corrected chi connectivity index (χ4v) is 3.20. The van der Waals surface area contributed by atoms with Crippen molar-refractivity contribution in [3.8, 4) is 5.75 Å². The molecule has 2 rings (SSSR count). The third-order valence-corrected chi connectivity index (χ3v) is 4.54. The van der Waals surface area contributed by atoms with Crippen LogP contribution in [0, 0.1) is 6.92 Å². The minimum absolute atomic E-state index is 0.0584. The Labute approximate surface area is 122 Å². The molecule has 0 radical (unpaired) electrons. The van der Waals surface area contributed by atoms with E-state index in [1.54, 1.807) is 32.2 Å². The number of methoxy groups -OCH3 is 1. The van der Waals surface area contributed by atoms with Crippen LogP contribution >= 0.6 is 11.6 Å². The van der Waals surface area contributed by atoms with Gasteiger partial charge in [-0.3, -0.25) is 9.71 Å². The van der Waals surface area contributed by atoms with Crippen molar-refractivity contribution in [3.05, 3.63) is 47.2 Å². The summed E-state index contributed by atoms with van der Waals surface area (Å²) in [5, 5.41) is 0.124. The highest BCUT2D eigenvalue weighted by Gasteiger charge is 2.19. The van der Waals surface area contributed by atoms with Gasteiger partial charge in [0.05, 0.1) is 17.8 Å². The van der Waals surface area contributed by atoms with Gasteiger partial charge in [-0.1, -0.05) is 11.6 Å². The zero-order valence-corrected chi connectivity index (χ0v) is 12.5. The highest BCUT2D eigenvalue weighted by atomic mass is 35.5. The normalized spacial score (nSPS) is 11.2. The van der Waals surface area contributed by atoms with Crippen molar-refractivity contribution in [2.45, 2.75) is 11.8 Å². The Morgan fingerprint density at radius 1 is 1.30 bits per heavy atom. The van der Waals surface area contributed by atoms with E-state index in [1.165, 1.54) is 18.5 Å². The average Bonchev–Trinajstić information content (AvgIpc) is 2.41. The Kier molecular flexibility index (Phi) is 4.15. The van der Waals surface area contributed by atoms with E-state index in [1.807, 2.05) is 0 Å². The molecule has 1 aromatic heterocycles. The molecule has 0 fully saturated rings. The Hall–Kier alpha value is -1.79. The molecule has 0 saturated heterocycles. The quantitative estimate of drug-likeness (QED) is 0.942. The van der Waals surface area contributed by atoms with Crippen LogP contribution in [0.1, 0.15) is 5.56 Å². The van der Waals surface area contributed by atoms with Crippen molar-refractivity contribution in [3.63, 3.8) is 0 Å². The van der Waals surface area contributed by atoms with Crippen LogP contribution in [0.2, 0.25) is 5.02 Å². The van der Waals surface area contributed by atoms with Crippen LogP contribution in [0.4, 0.5) is 5.69 Å². The first-order valence-corrected chi connectivity index (χ1v) is 7.57. The van der Waals surface area contributed by atoms with E-state index >= 15 is 0 Å². The summed E-state index contributed by atoms with van der Waals surface area (Å²) in [7, 11) is -2.22. The predicted molar refractivity (Wildman–Crippen MR) is 77.8 cm³/mol. The second-order valence-corrected chi connectivity index (χ2v) is 6.15. The first kappa shape index (κ1) is 14.6. The molecular formula is C13H13ClN2O3S. The third kappa shape index (κ3) is 3.02. The number of hydrogen-bond donors (Lipinski definition) is 1. The van der Waals surface area contributed by atoms with E-state index < -0.39 is 10.0 Å². The molecule has 1 aromatic carbocycles. The molecule has 1 N–H and O–H groups in total. The summed E-state index contributed by atoms with van der Waals surface area (Å²) < 4.78 is 32.1. The van der Waals surface area contributed by atoms with Crippen molar-refractivity contribution in [2.24, 2.45) is 0 Å². The summed E-state index contributed by atoms with van der Waals surface area (Å²) in [4.78, 5) is 3.72. The highest BCUT2D eigenvalue weighted by molar-refractivity contribution is 7.92. The molecule has 0 aliphatic carbocycles. The number of rotatable bonds is 4. The van der Waals surface area contributed by atoms with E-state index in [0.717, 1.165) is 5.56 Å². The predicted octanol–water partition coefficient (Wildman–Crippen LogP) is 2.85. The average molecular weight is 313 g/mol. The third-order valence-electron chi connectivity index (χ3n) is 2.70. The van der Waals surface area contributed by atoms with Crippen molar-refractivity contribution in [1.29, 1.82) is 0 Å². The lowest BCUT2D eigenvalue weighted by Gasteiger charge is -2.12. The number of anilines is 1. The van der Waals surface area contributed by atoms with Crippen LogP contribution in [0.15, 0.2) is 41.6 Å². The van der Waals surface area contributed by atoms with Gasteiger partial charge in [-0.05, 0) is 36.8 Å². The molecule has 0 unspecified atom stereocenters. The number of halogens is 1. The zero-order valence-electron chi connectivity index (χ0n) is 10.9. The molecule has 0 spiro atoms. The maximum absolute atomic E-state index is 12.3. The number of nitrogens with zero attached hydrogens (tertiary/aromatic N) is 1. The molecule has 106 valence electrons. The topological polar surface area (TPSA) is 68.3 Å². The molecule has 0 bridgehead atoms. The fraction of sp³-hybridized carbons (Fsp3) is 0.154. The van der Waals surface area contributed by atoms with E-state index in [4.69, 9.17) is 16.3 Å². The van der Waals surface area contributed by atoms with Crippen LogP contribution in [0.5, 0.6) is 5.75 Å². The SMILES string of the molecule is COc1ccc(NS(=O)(=O)c2cnccc2Cl)c(C)c1. The summed E-state index contributed by atoms with van der Waals surface area (Å²) in [5.74, 6) is 0.657. The van der Waals surface area contributed by atoms with Gasteiger partial charge in [0.25, 0.3) is 10.0 Å². The van der Waals surface area contributed by atoms with Gasteiger partial charge in [-0.25, -0.2) is 8.42 Å². The minimum Gasteiger partial charge on any atom is -0.497 e. The number of aryl methyl sites for hydroxylation is 1. The van der Waals surface area contributed by atoms with Gasteiger partial charge in [0, 0.05) is 12.4 Å². The summed E-state index contributed by atoms with van der Waals surface area (Å²) >= 11 is 5.88. The van der Waals surface area contributed by atoms with Crippen LogP contribution in [-0.2, 0) is 10.0 Å². The number of hydrogen-bond acceptors (Lipinski definition) is 4. The molecule has 20 heavy (non-hydrogen) atoms. The van der Waals surface area contributed by atoms with Crippen LogP contribution < -0.4 is 9.46 Å². The first-order valence-electron chi connectivity index (χ1n) is 5.71.